The summed E-state index contributed by atoms with van der Waals surface area (Å²) in [5.74, 6) is -1.41. The van der Waals surface area contributed by atoms with Crippen molar-refractivity contribution in [3.05, 3.63) is 72.1 Å². The van der Waals surface area contributed by atoms with Gasteiger partial charge in [-0.2, -0.15) is 5.10 Å². The van der Waals surface area contributed by atoms with E-state index in [4.69, 9.17) is 9.84 Å². The van der Waals surface area contributed by atoms with Crippen molar-refractivity contribution in [1.29, 1.82) is 0 Å². The number of fused-ring (bicyclic) bond motifs is 3. The molecule has 3 N–H and O–H groups in total. The van der Waals surface area contributed by atoms with Gasteiger partial charge >= 0.3 is 12.1 Å². The maximum atomic E-state index is 12.7. The van der Waals surface area contributed by atoms with E-state index in [-0.39, 0.29) is 37.3 Å². The van der Waals surface area contributed by atoms with E-state index < -0.39 is 18.1 Å². The van der Waals surface area contributed by atoms with E-state index in [0.717, 1.165) is 22.3 Å². The van der Waals surface area contributed by atoms with E-state index in [9.17, 15) is 14.4 Å². The zero-order valence-corrected chi connectivity index (χ0v) is 19.6. The summed E-state index contributed by atoms with van der Waals surface area (Å²) in [7, 11) is 0. The number of hydrogen-bond donors (Lipinski definition) is 3. The predicted molar refractivity (Wildman–Crippen MR) is 130 cm³/mol. The Kier molecular flexibility index (Phi) is 7.14. The summed E-state index contributed by atoms with van der Waals surface area (Å²) in [6.45, 7) is 3.71. The van der Waals surface area contributed by atoms with Gasteiger partial charge in [0.1, 0.15) is 13.2 Å². The van der Waals surface area contributed by atoms with Gasteiger partial charge in [-0.15, -0.1) is 0 Å². The minimum Gasteiger partial charge on any atom is -0.480 e. The minimum absolute atomic E-state index is 0.0176. The molecule has 9 nitrogen and oxygen atoms in total. The van der Waals surface area contributed by atoms with Crippen LogP contribution in [-0.2, 0) is 20.9 Å². The first-order valence-electron chi connectivity index (χ1n) is 11.5. The normalized spacial score (nSPS) is 13.1. The highest BCUT2D eigenvalue weighted by molar-refractivity contribution is 5.91. The van der Waals surface area contributed by atoms with E-state index in [0.29, 0.717) is 5.69 Å². The average Bonchev–Trinajstić information content (AvgIpc) is 3.38. The van der Waals surface area contributed by atoms with Crippen LogP contribution in [0.3, 0.4) is 0 Å². The Balaban J connectivity index is 1.33. The highest BCUT2D eigenvalue weighted by Crippen LogP contribution is 2.44. The summed E-state index contributed by atoms with van der Waals surface area (Å²) in [5, 5.41) is 18.2. The zero-order chi connectivity index (χ0) is 24.9. The van der Waals surface area contributed by atoms with Crippen LogP contribution in [0.5, 0.6) is 0 Å². The van der Waals surface area contributed by atoms with Gasteiger partial charge in [-0.3, -0.25) is 14.3 Å². The number of aromatic nitrogens is 2. The van der Waals surface area contributed by atoms with Crippen molar-refractivity contribution >= 4 is 23.7 Å². The van der Waals surface area contributed by atoms with E-state index >= 15 is 0 Å². The lowest BCUT2D eigenvalue weighted by molar-refractivity contribution is -0.137. The topological polar surface area (TPSA) is 123 Å². The summed E-state index contributed by atoms with van der Waals surface area (Å²) < 4.78 is 6.82. The van der Waals surface area contributed by atoms with Crippen LogP contribution >= 0.6 is 0 Å². The number of carboxylic acid groups (broad SMARTS) is 1. The third-order valence-corrected chi connectivity index (χ3v) is 6.07. The number of ether oxygens (including phenoxy) is 1. The summed E-state index contributed by atoms with van der Waals surface area (Å²) >= 11 is 0. The van der Waals surface area contributed by atoms with Gasteiger partial charge in [-0.25, -0.2) is 4.79 Å². The molecular formula is C26H28N4O5. The molecule has 35 heavy (non-hydrogen) atoms. The fraction of sp³-hybridized carbons (Fsp3) is 0.308. The number of rotatable bonds is 9. The number of aliphatic carboxylic acids is 1. The van der Waals surface area contributed by atoms with Crippen LogP contribution in [0.1, 0.15) is 37.3 Å². The highest BCUT2D eigenvalue weighted by atomic mass is 16.5. The van der Waals surface area contributed by atoms with E-state index in [1.165, 1.54) is 17.1 Å². The van der Waals surface area contributed by atoms with Crippen molar-refractivity contribution in [3.8, 4) is 11.1 Å². The Morgan fingerprint density at radius 2 is 1.69 bits per heavy atom. The van der Waals surface area contributed by atoms with Gasteiger partial charge in [-0.1, -0.05) is 62.4 Å². The van der Waals surface area contributed by atoms with Crippen molar-refractivity contribution in [2.75, 3.05) is 11.9 Å². The van der Waals surface area contributed by atoms with E-state index in [1.54, 1.807) is 0 Å². The molecule has 2 amide bonds. The molecule has 0 bridgehead atoms. The van der Waals surface area contributed by atoms with Crippen LogP contribution in [-0.4, -0.2) is 45.5 Å². The molecule has 182 valence electrons. The van der Waals surface area contributed by atoms with Gasteiger partial charge in [0.25, 0.3) is 0 Å². The van der Waals surface area contributed by atoms with E-state index in [2.05, 4.69) is 40.0 Å². The first kappa shape index (κ1) is 24.0. The van der Waals surface area contributed by atoms with Crippen molar-refractivity contribution < 1.29 is 24.2 Å². The fourth-order valence-corrected chi connectivity index (χ4v) is 4.31. The molecule has 1 unspecified atom stereocenters. The quantitative estimate of drug-likeness (QED) is 0.431. The third-order valence-electron chi connectivity index (χ3n) is 6.07. The lowest BCUT2D eigenvalue weighted by Crippen LogP contribution is -2.41. The first-order chi connectivity index (χ1) is 16.8. The van der Waals surface area contributed by atoms with Crippen molar-refractivity contribution in [2.24, 2.45) is 5.92 Å². The summed E-state index contributed by atoms with van der Waals surface area (Å²) in [4.78, 5) is 36.0. The molecule has 1 heterocycles. The number of nitrogens with zero attached hydrogens (tertiary/aromatic N) is 2. The second-order valence-electron chi connectivity index (χ2n) is 8.89. The first-order valence-corrected chi connectivity index (χ1v) is 11.5. The molecule has 0 fully saturated rings. The van der Waals surface area contributed by atoms with Crippen LogP contribution in [0.25, 0.3) is 11.1 Å². The molecule has 0 saturated carbocycles. The molecule has 1 atom stereocenters. The monoisotopic (exact) mass is 476 g/mol. The number of alkyl carbamates (subject to hydrolysis) is 1. The van der Waals surface area contributed by atoms with Gasteiger partial charge in [0.2, 0.25) is 5.91 Å². The molecular weight excluding hydrogens is 448 g/mol. The van der Waals surface area contributed by atoms with Crippen molar-refractivity contribution in [3.63, 3.8) is 0 Å². The van der Waals surface area contributed by atoms with Gasteiger partial charge in [0, 0.05) is 24.6 Å². The van der Waals surface area contributed by atoms with Crippen LogP contribution in [0, 0.1) is 5.92 Å². The van der Waals surface area contributed by atoms with Crippen LogP contribution < -0.4 is 10.6 Å². The van der Waals surface area contributed by atoms with Crippen molar-refractivity contribution in [1.82, 2.24) is 15.1 Å². The van der Waals surface area contributed by atoms with Gasteiger partial charge in [0.15, 0.2) is 0 Å². The predicted octanol–water partition coefficient (Wildman–Crippen LogP) is 3.86. The summed E-state index contributed by atoms with van der Waals surface area (Å²) in [5.41, 5.74) is 4.95. The number of carbonyl (C=O) groups excluding carboxylic acids is 2. The molecule has 4 rings (SSSR count). The lowest BCUT2D eigenvalue weighted by atomic mass is 9.98. The SMILES string of the molecule is CC(C)C(CC(=O)Nc1cnn(CC(=O)O)c1)NC(=O)OCC1c2ccccc2-c2ccccc21. The third kappa shape index (κ3) is 5.68. The molecule has 3 aromatic rings. The van der Waals surface area contributed by atoms with E-state index in [1.807, 2.05) is 38.1 Å². The summed E-state index contributed by atoms with van der Waals surface area (Å²) in [6.07, 6.45) is 2.28. The Morgan fingerprint density at radius 1 is 1.06 bits per heavy atom. The molecule has 0 radical (unpaired) electrons. The molecule has 9 heteroatoms. The maximum absolute atomic E-state index is 12.7. The Labute approximate surface area is 203 Å². The Bertz CT molecular complexity index is 1190. The van der Waals surface area contributed by atoms with Crippen LogP contribution in [0.15, 0.2) is 60.9 Å². The highest BCUT2D eigenvalue weighted by Gasteiger charge is 2.29. The smallest absolute Gasteiger partial charge is 0.407 e. The maximum Gasteiger partial charge on any atom is 0.407 e. The molecule has 0 spiro atoms. The molecule has 1 aliphatic rings. The largest absolute Gasteiger partial charge is 0.480 e. The fourth-order valence-electron chi connectivity index (χ4n) is 4.31. The molecule has 1 aliphatic carbocycles. The second-order valence-corrected chi connectivity index (χ2v) is 8.89. The number of benzene rings is 2. The van der Waals surface area contributed by atoms with Crippen LogP contribution in [0.4, 0.5) is 10.5 Å². The molecule has 0 saturated heterocycles. The summed E-state index contributed by atoms with van der Waals surface area (Å²) in [6, 6.07) is 15.8. The zero-order valence-electron chi connectivity index (χ0n) is 19.6. The lowest BCUT2D eigenvalue weighted by Gasteiger charge is -2.22. The number of amides is 2. The number of carbonyl (C=O) groups is 3. The standard InChI is InChI=1S/C26H28N4O5/c1-16(2)23(11-24(31)28-17-12-27-30(13-17)14-25(32)33)29-26(34)35-15-22-20-9-5-3-7-18(20)19-8-4-6-10-21(19)22/h3-10,12-13,16,22-23H,11,14-15H2,1-2H3,(H,28,31)(H,29,34)(H,32,33). The number of carboxylic acids is 1. The number of nitrogens with one attached hydrogen (secondary N) is 2. The van der Waals surface area contributed by atoms with Gasteiger partial charge < -0.3 is 20.5 Å². The average molecular weight is 477 g/mol. The van der Waals surface area contributed by atoms with Gasteiger partial charge in [0.05, 0.1) is 11.9 Å². The minimum atomic E-state index is -1.03. The number of hydrogen-bond acceptors (Lipinski definition) is 5. The Morgan fingerprint density at radius 3 is 2.29 bits per heavy atom. The van der Waals surface area contributed by atoms with Crippen LogP contribution in [0.2, 0.25) is 0 Å². The molecule has 2 aromatic carbocycles. The second kappa shape index (κ2) is 10.4. The Hall–Kier alpha value is -4.14. The van der Waals surface area contributed by atoms with Crippen molar-refractivity contribution in [2.45, 2.75) is 38.8 Å². The molecule has 1 aromatic heterocycles. The van der Waals surface area contributed by atoms with Gasteiger partial charge in [-0.05, 0) is 28.2 Å². The number of anilines is 1. The molecule has 0 aliphatic heterocycles.